The van der Waals surface area contributed by atoms with E-state index in [0.717, 1.165) is 5.56 Å². The molecule has 1 saturated heterocycles. The summed E-state index contributed by atoms with van der Waals surface area (Å²) in [4.78, 5) is 29.2. The first-order valence-corrected chi connectivity index (χ1v) is 11.3. The third-order valence-corrected chi connectivity index (χ3v) is 5.83. The van der Waals surface area contributed by atoms with Gasteiger partial charge in [0.05, 0.1) is 17.3 Å². The number of piperazine rings is 1. The molecule has 6 nitrogen and oxygen atoms in total. The maximum atomic E-state index is 13.0. The highest BCUT2D eigenvalue weighted by atomic mass is 35.5. The van der Waals surface area contributed by atoms with Gasteiger partial charge in [-0.25, -0.2) is 0 Å². The molecule has 1 fully saturated rings. The number of anilines is 1. The number of amides is 2. The van der Waals surface area contributed by atoms with Crippen molar-refractivity contribution in [2.75, 3.05) is 38.0 Å². The van der Waals surface area contributed by atoms with Gasteiger partial charge in [-0.1, -0.05) is 60.1 Å². The summed E-state index contributed by atoms with van der Waals surface area (Å²) in [6.07, 6.45) is 0. The van der Waals surface area contributed by atoms with Crippen molar-refractivity contribution in [3.63, 3.8) is 0 Å². The average molecular weight is 464 g/mol. The van der Waals surface area contributed by atoms with E-state index < -0.39 is 0 Å². The Balaban J connectivity index is 1.27. The van der Waals surface area contributed by atoms with Crippen molar-refractivity contribution in [3.05, 3.63) is 95.0 Å². The number of halogens is 1. The van der Waals surface area contributed by atoms with Crippen LogP contribution in [0.3, 0.4) is 0 Å². The van der Waals surface area contributed by atoms with Gasteiger partial charge in [0, 0.05) is 31.7 Å². The molecule has 1 heterocycles. The van der Waals surface area contributed by atoms with Crippen molar-refractivity contribution in [1.29, 1.82) is 0 Å². The van der Waals surface area contributed by atoms with Crippen molar-refractivity contribution < 1.29 is 14.3 Å². The van der Waals surface area contributed by atoms with Gasteiger partial charge in [-0.3, -0.25) is 14.5 Å². The molecule has 170 valence electrons. The Labute approximate surface area is 198 Å². The smallest absolute Gasteiger partial charge is 0.254 e. The lowest BCUT2D eigenvalue weighted by atomic mass is 10.1. The van der Waals surface area contributed by atoms with Gasteiger partial charge in [-0.15, -0.1) is 0 Å². The highest BCUT2D eigenvalue weighted by Crippen LogP contribution is 2.21. The molecular formula is C26H26ClN3O3. The van der Waals surface area contributed by atoms with Crippen molar-refractivity contribution in [1.82, 2.24) is 9.80 Å². The molecule has 4 rings (SSSR count). The molecule has 3 aromatic carbocycles. The van der Waals surface area contributed by atoms with E-state index in [1.165, 1.54) is 0 Å². The van der Waals surface area contributed by atoms with E-state index in [0.29, 0.717) is 54.8 Å². The van der Waals surface area contributed by atoms with Gasteiger partial charge < -0.3 is 15.0 Å². The lowest BCUT2D eigenvalue weighted by Crippen LogP contribution is -2.50. The van der Waals surface area contributed by atoms with Gasteiger partial charge in [0.2, 0.25) is 5.91 Å². The van der Waals surface area contributed by atoms with Crippen LogP contribution in [0.1, 0.15) is 15.9 Å². The summed E-state index contributed by atoms with van der Waals surface area (Å²) in [5.74, 6) is 0.519. The zero-order valence-electron chi connectivity index (χ0n) is 18.2. The highest BCUT2D eigenvalue weighted by Gasteiger charge is 2.23. The van der Waals surface area contributed by atoms with Crippen LogP contribution in [-0.4, -0.2) is 54.3 Å². The second-order valence-corrected chi connectivity index (χ2v) is 8.31. The summed E-state index contributed by atoms with van der Waals surface area (Å²) >= 11 is 6.10. The van der Waals surface area contributed by atoms with Gasteiger partial charge >= 0.3 is 0 Å². The topological polar surface area (TPSA) is 61.9 Å². The molecule has 1 N–H and O–H groups in total. The number of rotatable bonds is 7. The van der Waals surface area contributed by atoms with E-state index in [4.69, 9.17) is 16.3 Å². The van der Waals surface area contributed by atoms with Gasteiger partial charge in [0.1, 0.15) is 12.4 Å². The Kier molecular flexibility index (Phi) is 7.60. The summed E-state index contributed by atoms with van der Waals surface area (Å²) in [6, 6.07) is 24.4. The van der Waals surface area contributed by atoms with Crippen LogP contribution in [0.5, 0.6) is 5.75 Å². The molecule has 0 unspecified atom stereocenters. The fourth-order valence-electron chi connectivity index (χ4n) is 3.71. The van der Waals surface area contributed by atoms with Gasteiger partial charge in [0.25, 0.3) is 5.91 Å². The summed E-state index contributed by atoms with van der Waals surface area (Å²) in [7, 11) is 0. The fourth-order valence-corrected chi connectivity index (χ4v) is 3.89. The fraction of sp³-hybridized carbons (Fsp3) is 0.231. The molecule has 3 aromatic rings. The summed E-state index contributed by atoms with van der Waals surface area (Å²) in [6.45, 7) is 3.10. The predicted octanol–water partition coefficient (Wildman–Crippen LogP) is 4.32. The highest BCUT2D eigenvalue weighted by molar-refractivity contribution is 6.33. The molecule has 1 aliphatic rings. The second kappa shape index (κ2) is 11.0. The Morgan fingerprint density at radius 3 is 2.36 bits per heavy atom. The molecule has 33 heavy (non-hydrogen) atoms. The molecule has 0 radical (unpaired) electrons. The molecule has 0 aromatic heterocycles. The van der Waals surface area contributed by atoms with Crippen molar-refractivity contribution in [3.8, 4) is 5.75 Å². The molecule has 0 atom stereocenters. The van der Waals surface area contributed by atoms with Crippen LogP contribution >= 0.6 is 11.6 Å². The largest absolute Gasteiger partial charge is 0.489 e. The minimum Gasteiger partial charge on any atom is -0.489 e. The van der Waals surface area contributed by atoms with E-state index >= 15 is 0 Å². The first kappa shape index (κ1) is 22.8. The maximum Gasteiger partial charge on any atom is 0.254 e. The molecule has 0 bridgehead atoms. The van der Waals surface area contributed by atoms with Crippen molar-refractivity contribution in [2.24, 2.45) is 0 Å². The molecule has 7 heteroatoms. The minimum atomic E-state index is -0.119. The van der Waals surface area contributed by atoms with Gasteiger partial charge in [-0.2, -0.15) is 0 Å². The van der Waals surface area contributed by atoms with Crippen LogP contribution in [0.15, 0.2) is 78.9 Å². The quantitative estimate of drug-likeness (QED) is 0.567. The number of hydrogen-bond donors (Lipinski definition) is 1. The lowest BCUT2D eigenvalue weighted by molar-refractivity contribution is -0.117. The van der Waals surface area contributed by atoms with E-state index in [1.807, 2.05) is 64.4 Å². The summed E-state index contributed by atoms with van der Waals surface area (Å²) in [5.41, 5.74) is 2.28. The molecule has 1 aliphatic heterocycles. The van der Waals surface area contributed by atoms with E-state index in [2.05, 4.69) is 5.32 Å². The lowest BCUT2D eigenvalue weighted by Gasteiger charge is -2.34. The van der Waals surface area contributed by atoms with Crippen molar-refractivity contribution >= 4 is 29.1 Å². The van der Waals surface area contributed by atoms with Crippen LogP contribution in [0.2, 0.25) is 5.02 Å². The standard InChI is InChI=1S/C26H26ClN3O3/c27-23-11-4-5-12-24(23)28-25(31)18-29-13-15-30(16-14-29)26(32)21-9-6-10-22(17-21)33-19-20-7-2-1-3-8-20/h1-12,17H,13-16,18-19H2,(H,28,31). The van der Waals surface area contributed by atoms with E-state index in [-0.39, 0.29) is 18.4 Å². The van der Waals surface area contributed by atoms with Crippen LogP contribution in [0, 0.1) is 0 Å². The maximum absolute atomic E-state index is 13.0. The van der Waals surface area contributed by atoms with E-state index in [9.17, 15) is 9.59 Å². The first-order valence-electron chi connectivity index (χ1n) is 10.9. The number of para-hydroxylation sites is 1. The Hall–Kier alpha value is -3.35. The Bertz CT molecular complexity index is 1100. The second-order valence-electron chi connectivity index (χ2n) is 7.90. The molecule has 0 spiro atoms. The molecular weight excluding hydrogens is 438 g/mol. The number of carbonyl (C=O) groups is 2. The molecule has 0 aliphatic carbocycles. The minimum absolute atomic E-state index is 0.0275. The summed E-state index contributed by atoms with van der Waals surface area (Å²) < 4.78 is 5.86. The normalized spacial score (nSPS) is 14.0. The molecule has 0 saturated carbocycles. The first-order chi connectivity index (χ1) is 16.1. The summed E-state index contributed by atoms with van der Waals surface area (Å²) in [5, 5.41) is 3.35. The number of benzene rings is 3. The van der Waals surface area contributed by atoms with Crippen LogP contribution < -0.4 is 10.1 Å². The predicted molar refractivity (Wildman–Crippen MR) is 130 cm³/mol. The number of hydrogen-bond acceptors (Lipinski definition) is 4. The number of nitrogens with one attached hydrogen (secondary N) is 1. The van der Waals surface area contributed by atoms with E-state index in [1.54, 1.807) is 24.3 Å². The third-order valence-electron chi connectivity index (χ3n) is 5.50. The van der Waals surface area contributed by atoms with Crippen LogP contribution in [0.25, 0.3) is 0 Å². The van der Waals surface area contributed by atoms with Gasteiger partial charge in [0.15, 0.2) is 0 Å². The Morgan fingerprint density at radius 2 is 1.61 bits per heavy atom. The number of carbonyl (C=O) groups excluding carboxylic acids is 2. The average Bonchev–Trinajstić information content (AvgIpc) is 2.85. The monoisotopic (exact) mass is 463 g/mol. The molecule has 2 amide bonds. The Morgan fingerprint density at radius 1 is 0.879 bits per heavy atom. The van der Waals surface area contributed by atoms with Crippen LogP contribution in [-0.2, 0) is 11.4 Å². The zero-order valence-corrected chi connectivity index (χ0v) is 19.0. The zero-order chi connectivity index (χ0) is 23.0. The van der Waals surface area contributed by atoms with Crippen molar-refractivity contribution in [2.45, 2.75) is 6.61 Å². The third kappa shape index (κ3) is 6.34. The SMILES string of the molecule is O=C(CN1CCN(C(=O)c2cccc(OCc3ccccc3)c2)CC1)Nc1ccccc1Cl. The van der Waals surface area contributed by atoms with Gasteiger partial charge in [-0.05, 0) is 35.9 Å². The van der Waals surface area contributed by atoms with Crippen LogP contribution in [0.4, 0.5) is 5.69 Å². The number of ether oxygens (including phenoxy) is 1. The number of nitrogens with zero attached hydrogens (tertiary/aromatic N) is 2.